The third kappa shape index (κ3) is 4.55. The molecule has 1 aliphatic rings. The summed E-state index contributed by atoms with van der Waals surface area (Å²) >= 11 is 0. The van der Waals surface area contributed by atoms with Gasteiger partial charge in [0, 0.05) is 26.1 Å². The predicted molar refractivity (Wildman–Crippen MR) is 99.4 cm³/mol. The van der Waals surface area contributed by atoms with Gasteiger partial charge in [0.05, 0.1) is 6.61 Å². The molecule has 1 amide bonds. The van der Waals surface area contributed by atoms with Crippen LogP contribution in [0.5, 0.6) is 0 Å². The quantitative estimate of drug-likeness (QED) is 0.820. The van der Waals surface area contributed by atoms with Gasteiger partial charge in [-0.05, 0) is 57.7 Å². The van der Waals surface area contributed by atoms with Gasteiger partial charge in [-0.25, -0.2) is 9.78 Å². The zero-order valence-electron chi connectivity index (χ0n) is 16.1. The van der Waals surface area contributed by atoms with Crippen molar-refractivity contribution in [3.63, 3.8) is 0 Å². The van der Waals surface area contributed by atoms with Crippen LogP contribution in [-0.2, 0) is 15.9 Å². The Bertz CT molecular complexity index is 755. The number of carbonyl (C=O) groups excluding carboxylic acids is 1. The van der Waals surface area contributed by atoms with E-state index < -0.39 is 5.60 Å². The van der Waals surface area contributed by atoms with Crippen LogP contribution in [-0.4, -0.2) is 48.4 Å². The average Bonchev–Trinajstić information content (AvgIpc) is 3.02. The zero-order chi connectivity index (χ0) is 18.7. The Hall–Kier alpha value is -2.08. The van der Waals surface area contributed by atoms with E-state index >= 15 is 0 Å². The highest BCUT2D eigenvalue weighted by Crippen LogP contribution is 2.30. The minimum Gasteiger partial charge on any atom is -0.444 e. The first kappa shape index (κ1) is 18.7. The monoisotopic (exact) mass is 360 g/mol. The Kier molecular flexibility index (Phi) is 5.51. The fourth-order valence-corrected chi connectivity index (χ4v) is 3.17. The summed E-state index contributed by atoms with van der Waals surface area (Å²) < 4.78 is 16.6. The van der Waals surface area contributed by atoms with Crippen molar-refractivity contribution in [1.29, 1.82) is 0 Å². The summed E-state index contributed by atoms with van der Waals surface area (Å²) in [5.41, 5.74) is 2.43. The summed E-state index contributed by atoms with van der Waals surface area (Å²) in [5.74, 6) is 1.01. The summed E-state index contributed by atoms with van der Waals surface area (Å²) in [5, 5.41) is 0. The standard InChI is InChI=1S/C20H28N2O4/c1-20(2,3)26-19(23)22-10-7-15(8-11-22)18-21-16-6-5-14(9-12-24-4)13-17(16)25-18/h5-6,13,15H,7-12H2,1-4H3. The van der Waals surface area contributed by atoms with E-state index in [0.29, 0.717) is 19.7 Å². The highest BCUT2D eigenvalue weighted by Gasteiger charge is 2.29. The van der Waals surface area contributed by atoms with Crippen molar-refractivity contribution in [2.45, 2.75) is 51.6 Å². The number of fused-ring (bicyclic) bond motifs is 1. The molecule has 0 atom stereocenters. The maximum atomic E-state index is 12.2. The fraction of sp³-hybridized carbons (Fsp3) is 0.600. The molecule has 26 heavy (non-hydrogen) atoms. The van der Waals surface area contributed by atoms with E-state index in [1.54, 1.807) is 12.0 Å². The first-order valence-corrected chi connectivity index (χ1v) is 9.22. The Morgan fingerprint density at radius 3 is 2.69 bits per heavy atom. The molecule has 1 fully saturated rings. The number of oxazole rings is 1. The number of benzene rings is 1. The molecule has 0 N–H and O–H groups in total. The van der Waals surface area contributed by atoms with Crippen molar-refractivity contribution < 1.29 is 18.7 Å². The second kappa shape index (κ2) is 7.66. The van der Waals surface area contributed by atoms with E-state index in [1.165, 1.54) is 5.56 Å². The number of amides is 1. The number of nitrogens with zero attached hydrogens (tertiary/aromatic N) is 2. The van der Waals surface area contributed by atoms with Crippen molar-refractivity contribution in [2.24, 2.45) is 0 Å². The number of methoxy groups -OCH3 is 1. The topological polar surface area (TPSA) is 64.8 Å². The molecule has 142 valence electrons. The van der Waals surface area contributed by atoms with Gasteiger partial charge in [-0.15, -0.1) is 0 Å². The van der Waals surface area contributed by atoms with Crippen molar-refractivity contribution in [2.75, 3.05) is 26.8 Å². The van der Waals surface area contributed by atoms with Gasteiger partial charge in [0.1, 0.15) is 11.1 Å². The van der Waals surface area contributed by atoms with Crippen LogP contribution in [0.25, 0.3) is 11.1 Å². The Labute approximate surface area is 154 Å². The van der Waals surface area contributed by atoms with Crippen molar-refractivity contribution in [3.8, 4) is 0 Å². The Morgan fingerprint density at radius 1 is 1.31 bits per heavy atom. The molecule has 1 aliphatic heterocycles. The van der Waals surface area contributed by atoms with Crippen LogP contribution < -0.4 is 0 Å². The van der Waals surface area contributed by atoms with Gasteiger partial charge in [0.25, 0.3) is 0 Å². The predicted octanol–water partition coefficient (Wildman–Crippen LogP) is 4.13. The Balaban J connectivity index is 1.63. The van der Waals surface area contributed by atoms with Gasteiger partial charge >= 0.3 is 6.09 Å². The molecule has 2 heterocycles. The first-order chi connectivity index (χ1) is 12.4. The van der Waals surface area contributed by atoms with Gasteiger partial charge in [0.2, 0.25) is 0 Å². The van der Waals surface area contributed by atoms with E-state index in [0.717, 1.165) is 36.3 Å². The molecule has 1 saturated heterocycles. The first-order valence-electron chi connectivity index (χ1n) is 9.22. The number of rotatable bonds is 4. The zero-order valence-corrected chi connectivity index (χ0v) is 16.1. The van der Waals surface area contributed by atoms with E-state index in [1.807, 2.05) is 32.9 Å². The highest BCUT2D eigenvalue weighted by molar-refractivity contribution is 5.73. The number of piperidine rings is 1. The number of likely N-dealkylation sites (tertiary alicyclic amines) is 1. The normalized spacial score (nSPS) is 16.2. The minimum atomic E-state index is -0.464. The maximum absolute atomic E-state index is 12.2. The highest BCUT2D eigenvalue weighted by atomic mass is 16.6. The molecule has 0 radical (unpaired) electrons. The van der Waals surface area contributed by atoms with Crippen molar-refractivity contribution in [1.82, 2.24) is 9.88 Å². The van der Waals surface area contributed by atoms with Gasteiger partial charge in [-0.1, -0.05) is 6.07 Å². The molecule has 1 aromatic carbocycles. The molecule has 0 spiro atoms. The van der Waals surface area contributed by atoms with E-state index in [-0.39, 0.29) is 12.0 Å². The molecule has 3 rings (SSSR count). The molecule has 6 heteroatoms. The van der Waals surface area contributed by atoms with E-state index in [9.17, 15) is 4.79 Å². The SMILES string of the molecule is COCCc1ccc2nc(C3CCN(C(=O)OC(C)(C)C)CC3)oc2c1. The van der Waals surface area contributed by atoms with Gasteiger partial charge in [-0.3, -0.25) is 0 Å². The fourth-order valence-electron chi connectivity index (χ4n) is 3.17. The van der Waals surface area contributed by atoms with E-state index in [2.05, 4.69) is 11.1 Å². The molecule has 6 nitrogen and oxygen atoms in total. The maximum Gasteiger partial charge on any atom is 0.410 e. The van der Waals surface area contributed by atoms with Crippen LogP contribution in [0.15, 0.2) is 22.6 Å². The third-order valence-corrected chi connectivity index (χ3v) is 4.56. The smallest absolute Gasteiger partial charge is 0.410 e. The summed E-state index contributed by atoms with van der Waals surface area (Å²) in [6.45, 7) is 7.68. The molecular weight excluding hydrogens is 332 g/mol. The lowest BCUT2D eigenvalue weighted by atomic mass is 9.97. The summed E-state index contributed by atoms with van der Waals surface area (Å²) in [6.07, 6.45) is 2.29. The Morgan fingerprint density at radius 2 is 2.04 bits per heavy atom. The number of aromatic nitrogens is 1. The van der Waals surface area contributed by atoms with Gasteiger partial charge in [0.15, 0.2) is 11.5 Å². The van der Waals surface area contributed by atoms with Crippen LogP contribution in [0.1, 0.15) is 51.0 Å². The number of hydrogen-bond acceptors (Lipinski definition) is 5. The van der Waals surface area contributed by atoms with Gasteiger partial charge in [-0.2, -0.15) is 0 Å². The summed E-state index contributed by atoms with van der Waals surface area (Å²) in [4.78, 5) is 18.6. The number of carbonyl (C=O) groups is 1. The van der Waals surface area contributed by atoms with Crippen molar-refractivity contribution >= 4 is 17.2 Å². The molecule has 0 unspecified atom stereocenters. The second-order valence-corrected chi connectivity index (χ2v) is 7.84. The molecule has 0 aliphatic carbocycles. The van der Waals surface area contributed by atoms with Crippen LogP contribution in [0.3, 0.4) is 0 Å². The van der Waals surface area contributed by atoms with Crippen LogP contribution >= 0.6 is 0 Å². The summed E-state index contributed by atoms with van der Waals surface area (Å²) in [6, 6.07) is 6.11. The minimum absolute atomic E-state index is 0.239. The van der Waals surface area contributed by atoms with E-state index in [4.69, 9.17) is 13.9 Å². The summed E-state index contributed by atoms with van der Waals surface area (Å²) in [7, 11) is 1.70. The molecule has 1 aromatic heterocycles. The molecule has 0 saturated carbocycles. The lowest BCUT2D eigenvalue weighted by Gasteiger charge is -2.32. The lowest BCUT2D eigenvalue weighted by molar-refractivity contribution is 0.0199. The lowest BCUT2D eigenvalue weighted by Crippen LogP contribution is -2.41. The second-order valence-electron chi connectivity index (χ2n) is 7.84. The average molecular weight is 360 g/mol. The van der Waals surface area contributed by atoms with Crippen LogP contribution in [0, 0.1) is 0 Å². The molecular formula is C20H28N2O4. The largest absolute Gasteiger partial charge is 0.444 e. The van der Waals surface area contributed by atoms with Crippen LogP contribution in [0.2, 0.25) is 0 Å². The molecule has 0 bridgehead atoms. The third-order valence-electron chi connectivity index (χ3n) is 4.56. The number of hydrogen-bond donors (Lipinski definition) is 0. The molecule has 2 aromatic rings. The number of ether oxygens (including phenoxy) is 2. The van der Waals surface area contributed by atoms with Gasteiger partial charge < -0.3 is 18.8 Å². The van der Waals surface area contributed by atoms with Crippen LogP contribution in [0.4, 0.5) is 4.79 Å². The van der Waals surface area contributed by atoms with Crippen molar-refractivity contribution in [3.05, 3.63) is 29.7 Å².